The molecule has 1 aliphatic heterocycles. The fourth-order valence-electron chi connectivity index (χ4n) is 1.26. The molecule has 5 heteroatoms. The number of ether oxygens (including phenoxy) is 1. The molecule has 1 rings (SSSR count). The number of morpholine rings is 1. The van der Waals surface area contributed by atoms with Gasteiger partial charge in [0, 0.05) is 25.2 Å². The van der Waals surface area contributed by atoms with Crippen molar-refractivity contribution in [2.45, 2.75) is 6.10 Å². The zero-order valence-electron chi connectivity index (χ0n) is 7.77. The van der Waals surface area contributed by atoms with Gasteiger partial charge in [0.2, 0.25) is 0 Å². The van der Waals surface area contributed by atoms with Gasteiger partial charge in [-0.05, 0) is 0 Å². The number of hydrogen-bond donors (Lipinski definition) is 1. The van der Waals surface area contributed by atoms with E-state index >= 15 is 0 Å². The maximum Gasteiger partial charge on any atom is 0.332 e. The fraction of sp³-hybridized carbons (Fsp3) is 0.556. The van der Waals surface area contributed by atoms with Gasteiger partial charge in [0.05, 0.1) is 12.7 Å². The molecule has 14 heavy (non-hydrogen) atoms. The quantitative estimate of drug-likeness (QED) is 0.635. The highest BCUT2D eigenvalue weighted by Gasteiger charge is 2.21. The van der Waals surface area contributed by atoms with Crippen LogP contribution in [0.3, 0.4) is 0 Å². The molecule has 0 radical (unpaired) electrons. The zero-order chi connectivity index (χ0) is 10.6. The summed E-state index contributed by atoms with van der Waals surface area (Å²) in [5, 5.41) is 17.2. The van der Waals surface area contributed by atoms with Crippen LogP contribution in [0.15, 0.2) is 12.2 Å². The molecule has 0 aromatic rings. The standard InChI is InChI=1S/C9H12N2O3/c1-7(9(12)13)5-11-2-3-14-8(4-10)6-11/h8H,1-3,5-6H2,(H,12,13). The van der Waals surface area contributed by atoms with Gasteiger partial charge in [-0.25, -0.2) is 4.79 Å². The van der Waals surface area contributed by atoms with E-state index in [1.54, 1.807) is 0 Å². The van der Waals surface area contributed by atoms with Crippen LogP contribution in [0.4, 0.5) is 0 Å². The lowest BCUT2D eigenvalue weighted by Gasteiger charge is -2.29. The largest absolute Gasteiger partial charge is 0.478 e. The van der Waals surface area contributed by atoms with Crippen LogP contribution in [-0.4, -0.2) is 48.3 Å². The highest BCUT2D eigenvalue weighted by molar-refractivity contribution is 5.86. The average Bonchev–Trinajstić information content (AvgIpc) is 2.18. The molecule has 1 unspecified atom stereocenters. The third kappa shape index (κ3) is 2.83. The molecule has 0 aromatic heterocycles. The van der Waals surface area contributed by atoms with E-state index < -0.39 is 12.1 Å². The van der Waals surface area contributed by atoms with Crippen LogP contribution in [0, 0.1) is 11.3 Å². The second-order valence-electron chi connectivity index (χ2n) is 3.13. The molecule has 0 saturated carbocycles. The number of aliphatic carboxylic acids is 1. The molecule has 1 atom stereocenters. The summed E-state index contributed by atoms with van der Waals surface area (Å²) in [5.74, 6) is -0.995. The van der Waals surface area contributed by atoms with Gasteiger partial charge in [-0.15, -0.1) is 0 Å². The van der Waals surface area contributed by atoms with Crippen molar-refractivity contribution in [3.63, 3.8) is 0 Å². The molecule has 76 valence electrons. The molecular formula is C9H12N2O3. The number of carboxylic acids is 1. The summed E-state index contributed by atoms with van der Waals surface area (Å²) in [6.45, 7) is 5.28. The van der Waals surface area contributed by atoms with Gasteiger partial charge in [0.15, 0.2) is 6.10 Å². The van der Waals surface area contributed by atoms with E-state index in [1.807, 2.05) is 11.0 Å². The maximum atomic E-state index is 10.5. The number of hydrogen-bond acceptors (Lipinski definition) is 4. The van der Waals surface area contributed by atoms with Crippen molar-refractivity contribution in [3.8, 4) is 6.07 Å². The Morgan fingerprint density at radius 2 is 2.50 bits per heavy atom. The van der Waals surface area contributed by atoms with Gasteiger partial charge in [0.1, 0.15) is 0 Å². The van der Waals surface area contributed by atoms with Crippen molar-refractivity contribution < 1.29 is 14.6 Å². The highest BCUT2D eigenvalue weighted by Crippen LogP contribution is 2.06. The first-order valence-electron chi connectivity index (χ1n) is 4.28. The summed E-state index contributed by atoms with van der Waals surface area (Å²) in [4.78, 5) is 12.4. The zero-order valence-corrected chi connectivity index (χ0v) is 7.77. The lowest BCUT2D eigenvalue weighted by Crippen LogP contribution is -2.43. The first kappa shape index (κ1) is 10.7. The topological polar surface area (TPSA) is 73.6 Å². The summed E-state index contributed by atoms with van der Waals surface area (Å²) in [6, 6.07) is 2.00. The molecule has 1 heterocycles. The van der Waals surface area contributed by atoms with Gasteiger partial charge in [-0.1, -0.05) is 6.58 Å². The lowest BCUT2D eigenvalue weighted by atomic mass is 10.2. The van der Waals surface area contributed by atoms with E-state index in [-0.39, 0.29) is 12.1 Å². The van der Waals surface area contributed by atoms with E-state index in [1.165, 1.54) is 0 Å². The molecule has 0 aromatic carbocycles. The van der Waals surface area contributed by atoms with Crippen LogP contribution in [0.25, 0.3) is 0 Å². The molecule has 5 nitrogen and oxygen atoms in total. The predicted molar refractivity (Wildman–Crippen MR) is 48.6 cm³/mol. The minimum absolute atomic E-state index is 0.142. The molecule has 1 fully saturated rings. The Kier molecular flexibility index (Phi) is 3.63. The maximum absolute atomic E-state index is 10.5. The Morgan fingerprint density at radius 1 is 1.79 bits per heavy atom. The Labute approximate surface area is 82.2 Å². The highest BCUT2D eigenvalue weighted by atomic mass is 16.5. The van der Waals surface area contributed by atoms with Crippen molar-refractivity contribution in [2.75, 3.05) is 26.2 Å². The number of carbonyl (C=O) groups is 1. The van der Waals surface area contributed by atoms with E-state index in [9.17, 15) is 4.79 Å². The monoisotopic (exact) mass is 196 g/mol. The lowest BCUT2D eigenvalue weighted by molar-refractivity contribution is -0.133. The van der Waals surface area contributed by atoms with Crippen LogP contribution in [0.5, 0.6) is 0 Å². The first-order valence-corrected chi connectivity index (χ1v) is 4.28. The van der Waals surface area contributed by atoms with E-state index in [4.69, 9.17) is 15.1 Å². The summed E-state index contributed by atoms with van der Waals surface area (Å²) >= 11 is 0. The molecule has 0 aliphatic carbocycles. The summed E-state index contributed by atoms with van der Waals surface area (Å²) < 4.78 is 5.12. The molecular weight excluding hydrogens is 184 g/mol. The van der Waals surface area contributed by atoms with Crippen LogP contribution < -0.4 is 0 Å². The number of carboxylic acid groups (broad SMARTS) is 1. The van der Waals surface area contributed by atoms with Crippen molar-refractivity contribution in [1.29, 1.82) is 5.26 Å². The first-order chi connectivity index (χ1) is 6.63. The molecule has 0 bridgehead atoms. The van der Waals surface area contributed by atoms with Gasteiger partial charge < -0.3 is 9.84 Å². The van der Waals surface area contributed by atoms with Gasteiger partial charge in [-0.2, -0.15) is 5.26 Å². The van der Waals surface area contributed by atoms with E-state index in [0.29, 0.717) is 19.7 Å². The third-order valence-electron chi connectivity index (χ3n) is 2.01. The minimum Gasteiger partial charge on any atom is -0.478 e. The normalized spacial score (nSPS) is 22.6. The summed E-state index contributed by atoms with van der Waals surface area (Å²) in [7, 11) is 0. The number of nitriles is 1. The third-order valence-corrected chi connectivity index (χ3v) is 2.01. The smallest absolute Gasteiger partial charge is 0.332 e. The van der Waals surface area contributed by atoms with Gasteiger partial charge in [-0.3, -0.25) is 4.90 Å². The fourth-order valence-corrected chi connectivity index (χ4v) is 1.26. The van der Waals surface area contributed by atoms with E-state index in [2.05, 4.69) is 6.58 Å². The number of nitrogens with zero attached hydrogens (tertiary/aromatic N) is 2. The Hall–Kier alpha value is -1.38. The van der Waals surface area contributed by atoms with Crippen LogP contribution in [-0.2, 0) is 9.53 Å². The molecule has 0 spiro atoms. The molecule has 1 aliphatic rings. The Bertz CT molecular complexity index is 282. The number of rotatable bonds is 3. The molecule has 0 amide bonds. The predicted octanol–water partition coefficient (Wildman–Crippen LogP) is -0.148. The summed E-state index contributed by atoms with van der Waals surface area (Å²) in [5.41, 5.74) is 0.142. The van der Waals surface area contributed by atoms with E-state index in [0.717, 1.165) is 0 Å². The average molecular weight is 196 g/mol. The summed E-state index contributed by atoms with van der Waals surface area (Å²) in [6.07, 6.45) is -0.453. The van der Waals surface area contributed by atoms with Crippen LogP contribution in [0.2, 0.25) is 0 Å². The van der Waals surface area contributed by atoms with Crippen LogP contribution in [0.1, 0.15) is 0 Å². The Balaban J connectivity index is 2.42. The second kappa shape index (κ2) is 4.74. The Morgan fingerprint density at radius 3 is 3.07 bits per heavy atom. The van der Waals surface area contributed by atoms with Gasteiger partial charge in [0.25, 0.3) is 0 Å². The van der Waals surface area contributed by atoms with Crippen LogP contribution >= 0.6 is 0 Å². The minimum atomic E-state index is -0.995. The SMILES string of the molecule is C=C(CN1CCOC(C#N)C1)C(=O)O. The van der Waals surface area contributed by atoms with Gasteiger partial charge >= 0.3 is 5.97 Å². The van der Waals surface area contributed by atoms with Crippen molar-refractivity contribution >= 4 is 5.97 Å². The molecule has 1 N–H and O–H groups in total. The molecule has 1 saturated heterocycles. The second-order valence-corrected chi connectivity index (χ2v) is 3.13. The van der Waals surface area contributed by atoms with Crippen molar-refractivity contribution in [3.05, 3.63) is 12.2 Å². The van der Waals surface area contributed by atoms with Crippen molar-refractivity contribution in [1.82, 2.24) is 4.90 Å². The van der Waals surface area contributed by atoms with Crippen molar-refractivity contribution in [2.24, 2.45) is 0 Å².